The molecule has 1 heteroatoms. The minimum Gasteiger partial charge on any atom is -0.494 e. The molecule has 0 radical (unpaired) electrons. The zero-order valence-corrected chi connectivity index (χ0v) is 11.5. The summed E-state index contributed by atoms with van der Waals surface area (Å²) in [4.78, 5) is 0. The van der Waals surface area contributed by atoms with E-state index in [1.165, 1.54) is 31.2 Å². The van der Waals surface area contributed by atoms with Gasteiger partial charge >= 0.3 is 0 Å². The lowest BCUT2D eigenvalue weighted by atomic mass is 10.0. The highest BCUT2D eigenvalue weighted by molar-refractivity contribution is 5.27. The molecule has 96 valence electrons. The summed E-state index contributed by atoms with van der Waals surface area (Å²) in [5, 5.41) is 0. The van der Waals surface area contributed by atoms with Crippen molar-refractivity contribution in [2.24, 2.45) is 5.92 Å². The van der Waals surface area contributed by atoms with Crippen LogP contribution in [0.25, 0.3) is 0 Å². The van der Waals surface area contributed by atoms with Crippen molar-refractivity contribution in [2.75, 3.05) is 6.61 Å². The summed E-state index contributed by atoms with van der Waals surface area (Å²) in [6.45, 7) is 7.58. The lowest BCUT2D eigenvalue weighted by molar-refractivity contribution is 0.305. The maximum Gasteiger partial charge on any atom is 0.119 e. The van der Waals surface area contributed by atoms with Crippen molar-refractivity contribution < 1.29 is 4.74 Å². The van der Waals surface area contributed by atoms with Crippen LogP contribution in [-0.4, -0.2) is 6.61 Å². The lowest BCUT2D eigenvalue weighted by Gasteiger charge is -2.08. The van der Waals surface area contributed by atoms with Gasteiger partial charge in [0.2, 0.25) is 0 Å². The van der Waals surface area contributed by atoms with E-state index in [0.717, 1.165) is 24.7 Å². The Labute approximate surface area is 106 Å². The first-order chi connectivity index (χ1) is 8.22. The average Bonchev–Trinajstić information content (AvgIpc) is 2.30. The molecule has 0 amide bonds. The maximum absolute atomic E-state index is 5.71. The molecule has 0 aliphatic heterocycles. The van der Waals surface area contributed by atoms with Crippen molar-refractivity contribution in [2.45, 2.75) is 52.9 Å². The summed E-state index contributed by atoms with van der Waals surface area (Å²) in [6, 6.07) is 8.55. The second kappa shape index (κ2) is 8.16. The van der Waals surface area contributed by atoms with Crippen molar-refractivity contribution >= 4 is 0 Å². The van der Waals surface area contributed by atoms with Gasteiger partial charge in [0.1, 0.15) is 5.75 Å². The number of benzene rings is 1. The molecule has 0 aliphatic carbocycles. The normalized spacial score (nSPS) is 10.8. The first kappa shape index (κ1) is 14.1. The molecular weight excluding hydrogens is 208 g/mol. The van der Waals surface area contributed by atoms with Crippen LogP contribution in [0.3, 0.4) is 0 Å². The molecular formula is C16H26O. The molecule has 0 unspecified atom stereocenters. The van der Waals surface area contributed by atoms with Crippen LogP contribution in [0.5, 0.6) is 5.75 Å². The minimum absolute atomic E-state index is 0.718. The quantitative estimate of drug-likeness (QED) is 0.585. The first-order valence-electron chi connectivity index (χ1n) is 6.94. The summed E-state index contributed by atoms with van der Waals surface area (Å²) < 4.78 is 5.71. The smallest absolute Gasteiger partial charge is 0.119 e. The van der Waals surface area contributed by atoms with E-state index in [-0.39, 0.29) is 0 Å². The summed E-state index contributed by atoms with van der Waals surface area (Å²) in [5.41, 5.74) is 1.40. The average molecular weight is 234 g/mol. The van der Waals surface area contributed by atoms with Crippen LogP contribution in [-0.2, 0) is 6.42 Å². The highest BCUT2D eigenvalue weighted by Gasteiger charge is 1.98. The van der Waals surface area contributed by atoms with Gasteiger partial charge in [0.25, 0.3) is 0 Å². The van der Waals surface area contributed by atoms with Gasteiger partial charge in [-0.05, 0) is 36.5 Å². The Kier molecular flexibility index (Phi) is 6.76. The van der Waals surface area contributed by atoms with Gasteiger partial charge in [0, 0.05) is 0 Å². The first-order valence-corrected chi connectivity index (χ1v) is 6.94. The summed E-state index contributed by atoms with van der Waals surface area (Å²) in [5.74, 6) is 1.73. The molecule has 0 saturated heterocycles. The molecule has 0 bridgehead atoms. The van der Waals surface area contributed by atoms with E-state index in [2.05, 4.69) is 45.0 Å². The van der Waals surface area contributed by atoms with Gasteiger partial charge in [0.15, 0.2) is 0 Å². The molecule has 0 aliphatic rings. The second-order valence-corrected chi connectivity index (χ2v) is 5.15. The molecule has 0 saturated carbocycles. The fourth-order valence-corrected chi connectivity index (χ4v) is 1.91. The van der Waals surface area contributed by atoms with Gasteiger partial charge in [-0.2, -0.15) is 0 Å². The van der Waals surface area contributed by atoms with Gasteiger partial charge < -0.3 is 4.74 Å². The highest BCUT2D eigenvalue weighted by Crippen LogP contribution is 2.15. The monoisotopic (exact) mass is 234 g/mol. The van der Waals surface area contributed by atoms with Crippen molar-refractivity contribution in [1.82, 2.24) is 0 Å². The summed E-state index contributed by atoms with van der Waals surface area (Å²) in [6.07, 6.45) is 6.20. The Hall–Kier alpha value is -0.980. The van der Waals surface area contributed by atoms with Gasteiger partial charge in [-0.1, -0.05) is 52.2 Å². The van der Waals surface area contributed by atoms with Crippen LogP contribution in [0.2, 0.25) is 0 Å². The molecule has 0 N–H and O–H groups in total. The highest BCUT2D eigenvalue weighted by atomic mass is 16.5. The van der Waals surface area contributed by atoms with E-state index in [0.29, 0.717) is 0 Å². The van der Waals surface area contributed by atoms with E-state index in [1.807, 2.05) is 0 Å². The Morgan fingerprint density at radius 2 is 1.71 bits per heavy atom. The number of hydrogen-bond donors (Lipinski definition) is 0. The van der Waals surface area contributed by atoms with Crippen LogP contribution in [0.4, 0.5) is 0 Å². The SMILES string of the molecule is CCCCCCOc1ccc(CC(C)C)cc1. The Bertz CT molecular complexity index is 287. The van der Waals surface area contributed by atoms with Crippen molar-refractivity contribution in [3.8, 4) is 5.75 Å². The third-order valence-corrected chi connectivity index (χ3v) is 2.83. The van der Waals surface area contributed by atoms with Crippen molar-refractivity contribution in [3.05, 3.63) is 29.8 Å². The summed E-state index contributed by atoms with van der Waals surface area (Å²) >= 11 is 0. The molecule has 0 atom stereocenters. The van der Waals surface area contributed by atoms with Crippen LogP contribution >= 0.6 is 0 Å². The van der Waals surface area contributed by atoms with E-state index >= 15 is 0 Å². The van der Waals surface area contributed by atoms with Crippen molar-refractivity contribution in [3.63, 3.8) is 0 Å². The van der Waals surface area contributed by atoms with Gasteiger partial charge in [0.05, 0.1) is 6.61 Å². The number of rotatable bonds is 8. The molecule has 0 fully saturated rings. The van der Waals surface area contributed by atoms with Gasteiger partial charge in [-0.25, -0.2) is 0 Å². The van der Waals surface area contributed by atoms with Crippen LogP contribution in [0.1, 0.15) is 52.0 Å². The van der Waals surface area contributed by atoms with E-state index in [1.54, 1.807) is 0 Å². The van der Waals surface area contributed by atoms with E-state index in [9.17, 15) is 0 Å². The third-order valence-electron chi connectivity index (χ3n) is 2.83. The molecule has 17 heavy (non-hydrogen) atoms. The predicted octanol–water partition coefficient (Wildman–Crippen LogP) is 4.84. The number of unbranched alkanes of at least 4 members (excludes halogenated alkanes) is 3. The zero-order chi connectivity index (χ0) is 12.5. The largest absolute Gasteiger partial charge is 0.494 e. The lowest BCUT2D eigenvalue weighted by Crippen LogP contribution is -1.98. The molecule has 1 aromatic carbocycles. The summed E-state index contributed by atoms with van der Waals surface area (Å²) in [7, 11) is 0. The zero-order valence-electron chi connectivity index (χ0n) is 11.5. The maximum atomic E-state index is 5.71. The molecule has 0 spiro atoms. The minimum atomic E-state index is 0.718. The van der Waals surface area contributed by atoms with Crippen molar-refractivity contribution in [1.29, 1.82) is 0 Å². The molecule has 1 rings (SSSR count). The molecule has 1 aromatic rings. The number of ether oxygens (including phenoxy) is 1. The van der Waals surface area contributed by atoms with E-state index < -0.39 is 0 Å². The number of hydrogen-bond acceptors (Lipinski definition) is 1. The molecule has 0 aromatic heterocycles. The topological polar surface area (TPSA) is 9.23 Å². The van der Waals surface area contributed by atoms with E-state index in [4.69, 9.17) is 4.74 Å². The standard InChI is InChI=1S/C16H26O/c1-4-5-6-7-12-17-16-10-8-15(9-11-16)13-14(2)3/h8-11,14H,4-7,12-13H2,1-3H3. The Morgan fingerprint density at radius 3 is 2.29 bits per heavy atom. The second-order valence-electron chi connectivity index (χ2n) is 5.15. The van der Waals surface area contributed by atoms with Crippen LogP contribution in [0.15, 0.2) is 24.3 Å². The fourth-order valence-electron chi connectivity index (χ4n) is 1.91. The third kappa shape index (κ3) is 6.35. The Morgan fingerprint density at radius 1 is 1.00 bits per heavy atom. The van der Waals surface area contributed by atoms with Crippen LogP contribution in [0, 0.1) is 5.92 Å². The van der Waals surface area contributed by atoms with Gasteiger partial charge in [-0.15, -0.1) is 0 Å². The predicted molar refractivity (Wildman–Crippen MR) is 74.6 cm³/mol. The molecule has 1 nitrogen and oxygen atoms in total. The van der Waals surface area contributed by atoms with Crippen LogP contribution < -0.4 is 4.74 Å². The fraction of sp³-hybridized carbons (Fsp3) is 0.625. The van der Waals surface area contributed by atoms with Gasteiger partial charge in [-0.3, -0.25) is 0 Å². The molecule has 0 heterocycles. The Balaban J connectivity index is 2.25.